The molecule has 0 aliphatic carbocycles. The lowest BCUT2D eigenvalue weighted by molar-refractivity contribution is 1.23. The third kappa shape index (κ3) is 12.6. The average molecular weight is 235 g/mol. The molecular weight excluding hydrogens is 206 g/mol. The summed E-state index contributed by atoms with van der Waals surface area (Å²) in [6.07, 6.45) is 7.64. The van der Waals surface area contributed by atoms with Crippen molar-refractivity contribution in [3.05, 3.63) is 41.0 Å². The van der Waals surface area contributed by atoms with E-state index < -0.39 is 0 Å². The largest absolute Gasteiger partial charge is 0.256 e. The van der Waals surface area contributed by atoms with Gasteiger partial charge in [0.2, 0.25) is 0 Å². The van der Waals surface area contributed by atoms with Gasteiger partial charge >= 0.3 is 0 Å². The molecule has 0 aliphatic heterocycles. The predicted molar refractivity (Wildman–Crippen MR) is 82.3 cm³/mol. The molecule has 0 fully saturated rings. The summed E-state index contributed by atoms with van der Waals surface area (Å²) >= 11 is 0. The minimum Gasteiger partial charge on any atom is -0.256 e. The fourth-order valence-electron chi connectivity index (χ4n) is 0.788. The molecular formula is C16H29N. The predicted octanol–water partition coefficient (Wildman–Crippen LogP) is 3.93. The number of allylic oxidation sites excluding steroid dienone is 2. The molecule has 1 aromatic heterocycles. The van der Waals surface area contributed by atoms with Gasteiger partial charge in [-0.1, -0.05) is 66.3 Å². The number of hydrogen-bond donors (Lipinski definition) is 0. The molecule has 0 aromatic carbocycles. The van der Waals surface area contributed by atoms with Crippen molar-refractivity contribution in [2.45, 2.75) is 48.5 Å². The molecule has 98 valence electrons. The number of rotatable bonds is 1. The van der Waals surface area contributed by atoms with E-state index >= 15 is 0 Å². The maximum absolute atomic E-state index is 4.15. The molecule has 1 heteroatoms. The van der Waals surface area contributed by atoms with Crippen LogP contribution in [0.2, 0.25) is 0 Å². The number of aromatic nitrogens is 1. The molecule has 1 aromatic rings. The Morgan fingerprint density at radius 2 is 1.59 bits per heavy atom. The molecule has 1 nitrogen and oxygen atoms in total. The molecule has 1 rings (SSSR count). The van der Waals surface area contributed by atoms with Crippen LogP contribution in [0.15, 0.2) is 30.5 Å². The Hall–Kier alpha value is -1.37. The summed E-state index contributed by atoms with van der Waals surface area (Å²) in [5, 5.41) is 1.90. The Morgan fingerprint density at radius 1 is 1.06 bits per heavy atom. The van der Waals surface area contributed by atoms with Crippen molar-refractivity contribution in [1.29, 1.82) is 0 Å². The summed E-state index contributed by atoms with van der Waals surface area (Å²) in [5.74, 6) is 0. The lowest BCUT2D eigenvalue weighted by Gasteiger charge is -1.83. The van der Waals surface area contributed by atoms with Crippen molar-refractivity contribution >= 4 is 12.7 Å². The Kier molecular flexibility index (Phi) is 24.8. The van der Waals surface area contributed by atoms with Gasteiger partial charge in [-0.2, -0.15) is 0 Å². The first-order valence-electron chi connectivity index (χ1n) is 6.57. The van der Waals surface area contributed by atoms with Crippen molar-refractivity contribution in [3.8, 4) is 0 Å². The minimum absolute atomic E-state index is 0.936. The third-order valence-corrected chi connectivity index (χ3v) is 1.37. The van der Waals surface area contributed by atoms with E-state index in [2.05, 4.69) is 11.6 Å². The maximum atomic E-state index is 4.15. The van der Waals surface area contributed by atoms with Gasteiger partial charge in [0.25, 0.3) is 0 Å². The van der Waals surface area contributed by atoms with E-state index in [1.54, 1.807) is 6.20 Å². The highest BCUT2D eigenvalue weighted by molar-refractivity contribution is 5.34. The van der Waals surface area contributed by atoms with E-state index in [1.165, 1.54) is 0 Å². The average Bonchev–Trinajstić information content (AvgIpc) is 2.45. The van der Waals surface area contributed by atoms with Crippen molar-refractivity contribution < 1.29 is 0 Å². The van der Waals surface area contributed by atoms with Crippen molar-refractivity contribution in [2.24, 2.45) is 0 Å². The number of hydrogen-bond acceptors (Lipinski definition) is 1. The zero-order valence-electron chi connectivity index (χ0n) is 12.6. The van der Waals surface area contributed by atoms with Crippen LogP contribution < -0.4 is 10.6 Å². The Labute approximate surface area is 108 Å². The second-order valence-corrected chi connectivity index (χ2v) is 2.24. The van der Waals surface area contributed by atoms with Crippen LogP contribution in [0.3, 0.4) is 0 Å². The van der Waals surface area contributed by atoms with E-state index in [0.717, 1.165) is 10.6 Å². The zero-order chi connectivity index (χ0) is 14.1. The highest BCUT2D eigenvalue weighted by Crippen LogP contribution is 1.70. The van der Waals surface area contributed by atoms with E-state index in [9.17, 15) is 0 Å². The smallest absolute Gasteiger partial charge is 0.0695 e. The van der Waals surface area contributed by atoms with Crippen molar-refractivity contribution in [2.75, 3.05) is 0 Å². The van der Waals surface area contributed by atoms with Crippen LogP contribution >= 0.6 is 0 Å². The van der Waals surface area contributed by atoms with Gasteiger partial charge < -0.3 is 0 Å². The summed E-state index contributed by atoms with van der Waals surface area (Å²) in [6.45, 7) is 17.8. The highest BCUT2D eigenvalue weighted by Gasteiger charge is 1.77. The molecule has 0 N–H and O–H groups in total. The fraction of sp³-hybridized carbons (Fsp3) is 0.438. The van der Waals surface area contributed by atoms with E-state index in [4.69, 9.17) is 0 Å². The van der Waals surface area contributed by atoms with Crippen LogP contribution in [0.25, 0.3) is 12.7 Å². The van der Waals surface area contributed by atoms with Gasteiger partial charge in [0, 0.05) is 6.20 Å². The standard InChI is InChI=1S/C10H11N.3C2H6/c1-3-4-7-10-9(2)6-5-8-11-10;3*1-2/h3-8H,2H2,1H3;3*1-2H3/b4-3-,10-7+;;;. The van der Waals surface area contributed by atoms with Crippen molar-refractivity contribution in [3.63, 3.8) is 0 Å². The molecule has 0 saturated heterocycles. The van der Waals surface area contributed by atoms with E-state index in [-0.39, 0.29) is 0 Å². The molecule has 0 aliphatic rings. The Morgan fingerprint density at radius 3 is 2.00 bits per heavy atom. The second-order valence-electron chi connectivity index (χ2n) is 2.24. The molecule has 0 unspecified atom stereocenters. The van der Waals surface area contributed by atoms with Crippen LogP contribution in [-0.2, 0) is 0 Å². The molecule has 0 radical (unpaired) electrons. The number of pyridine rings is 1. The second kappa shape index (κ2) is 20.1. The summed E-state index contributed by atoms with van der Waals surface area (Å²) in [5.41, 5.74) is 0. The zero-order valence-corrected chi connectivity index (χ0v) is 12.6. The van der Waals surface area contributed by atoms with Crippen LogP contribution in [0.4, 0.5) is 0 Å². The molecule has 17 heavy (non-hydrogen) atoms. The molecule has 0 spiro atoms. The van der Waals surface area contributed by atoms with Gasteiger partial charge in [-0.05, 0) is 24.3 Å². The van der Waals surface area contributed by atoms with Gasteiger partial charge in [0.05, 0.1) is 5.35 Å². The van der Waals surface area contributed by atoms with Crippen LogP contribution in [-0.4, -0.2) is 4.98 Å². The molecule has 0 atom stereocenters. The van der Waals surface area contributed by atoms with E-state index in [1.807, 2.05) is 78.8 Å². The molecule has 0 saturated carbocycles. The first-order valence-corrected chi connectivity index (χ1v) is 6.57. The number of nitrogens with zero attached hydrogens (tertiary/aromatic N) is 1. The molecule has 1 heterocycles. The first kappa shape index (κ1) is 21.0. The lowest BCUT2D eigenvalue weighted by Crippen LogP contribution is -2.25. The Bertz CT molecular complexity index is 350. The highest BCUT2D eigenvalue weighted by atomic mass is 14.6. The van der Waals surface area contributed by atoms with Gasteiger partial charge in [-0.3, -0.25) is 4.98 Å². The van der Waals surface area contributed by atoms with Gasteiger partial charge in [0.15, 0.2) is 0 Å². The quantitative estimate of drug-likeness (QED) is 0.719. The summed E-state index contributed by atoms with van der Waals surface area (Å²) in [7, 11) is 0. The lowest BCUT2D eigenvalue weighted by atomic mass is 10.3. The fourth-order valence-corrected chi connectivity index (χ4v) is 0.788. The summed E-state index contributed by atoms with van der Waals surface area (Å²) in [4.78, 5) is 4.15. The van der Waals surface area contributed by atoms with Crippen molar-refractivity contribution in [1.82, 2.24) is 4.98 Å². The summed E-state index contributed by atoms with van der Waals surface area (Å²) in [6, 6.07) is 3.83. The van der Waals surface area contributed by atoms with Gasteiger partial charge in [-0.25, -0.2) is 0 Å². The van der Waals surface area contributed by atoms with Crippen LogP contribution in [0.5, 0.6) is 0 Å². The normalized spacial score (nSPS) is 9.24. The van der Waals surface area contributed by atoms with Gasteiger partial charge in [-0.15, -0.1) is 0 Å². The Balaban J connectivity index is -0.000000285. The van der Waals surface area contributed by atoms with E-state index in [0.29, 0.717) is 0 Å². The maximum Gasteiger partial charge on any atom is 0.0695 e. The van der Waals surface area contributed by atoms with Gasteiger partial charge in [0.1, 0.15) is 0 Å². The monoisotopic (exact) mass is 235 g/mol. The third-order valence-electron chi connectivity index (χ3n) is 1.37. The SMILES string of the molecule is C=c1cccn/c1=C/C=C\C.CC.CC.CC. The topological polar surface area (TPSA) is 12.9 Å². The van der Waals surface area contributed by atoms with Crippen LogP contribution in [0, 0.1) is 0 Å². The molecule has 0 amide bonds. The molecule has 0 bridgehead atoms. The van der Waals surface area contributed by atoms with Crippen LogP contribution in [0.1, 0.15) is 48.5 Å². The summed E-state index contributed by atoms with van der Waals surface area (Å²) < 4.78 is 0. The first-order chi connectivity index (χ1) is 8.34. The minimum atomic E-state index is 0.936.